The van der Waals surface area contributed by atoms with Crippen molar-refractivity contribution in [1.82, 2.24) is 0 Å². The first-order valence-electron chi connectivity index (χ1n) is 7.25. The molecule has 0 nitrogen and oxygen atoms in total. The molecule has 0 bridgehead atoms. The van der Waals surface area contributed by atoms with E-state index in [1.54, 1.807) is 15.8 Å². The van der Waals surface area contributed by atoms with Crippen molar-refractivity contribution < 1.29 is 0 Å². The van der Waals surface area contributed by atoms with Gasteiger partial charge in [-0.2, -0.15) is 0 Å². The molecule has 0 rings (SSSR count). The Bertz CT molecular complexity index is 121. The van der Waals surface area contributed by atoms with E-state index < -0.39 is 14.3 Å². The molecule has 0 spiro atoms. The third-order valence-corrected chi connectivity index (χ3v) is 9.49. The number of rotatable bonds is 9. The Kier molecular flexibility index (Phi) is 9.88. The van der Waals surface area contributed by atoms with Gasteiger partial charge in [0.25, 0.3) is 0 Å². The molecule has 0 heterocycles. The number of hydrogen-bond donors (Lipinski definition) is 0. The zero-order chi connectivity index (χ0) is 12.6. The maximum atomic E-state index is 2.38. The molecule has 1 radical (unpaired) electrons. The average molecular weight is 286 g/mol. The molecule has 0 N–H and O–H groups in total. The van der Waals surface area contributed by atoms with Crippen LogP contribution in [0.2, 0.25) is 15.8 Å². The molecule has 0 amide bonds. The van der Waals surface area contributed by atoms with Crippen LogP contribution in [0.15, 0.2) is 0 Å². The zero-order valence-corrected chi connectivity index (χ0v) is 14.6. The summed E-state index contributed by atoms with van der Waals surface area (Å²) in [5.74, 6) is 2.75. The first-order chi connectivity index (χ1) is 7.41. The second-order valence-corrected chi connectivity index (χ2v) is 12.8. The molecule has 97 valence electrons. The third kappa shape index (κ3) is 11.0. The molecule has 0 aliphatic carbocycles. The van der Waals surface area contributed by atoms with Gasteiger partial charge in [0.05, 0.1) is 0 Å². The molecule has 0 aromatic rings. The van der Waals surface area contributed by atoms with E-state index in [4.69, 9.17) is 0 Å². The van der Waals surface area contributed by atoms with Crippen molar-refractivity contribution in [2.24, 2.45) is 17.8 Å². The molecule has 0 aromatic carbocycles. The van der Waals surface area contributed by atoms with Crippen LogP contribution < -0.4 is 0 Å². The van der Waals surface area contributed by atoms with Crippen molar-refractivity contribution in [2.45, 2.75) is 76.6 Å². The van der Waals surface area contributed by atoms with Crippen LogP contribution >= 0.6 is 0 Å². The molecule has 16 heavy (non-hydrogen) atoms. The third-order valence-electron chi connectivity index (χ3n) is 3.23. The molecule has 0 aliphatic rings. The van der Waals surface area contributed by atoms with E-state index in [9.17, 15) is 0 Å². The number of hydrogen-bond acceptors (Lipinski definition) is 0. The molecular formula is C15H33Ge. The molecule has 0 aromatic heterocycles. The van der Waals surface area contributed by atoms with Gasteiger partial charge in [0.15, 0.2) is 0 Å². The van der Waals surface area contributed by atoms with E-state index in [2.05, 4.69) is 41.5 Å². The summed E-state index contributed by atoms with van der Waals surface area (Å²) in [6.07, 6.45) is 4.47. The van der Waals surface area contributed by atoms with Gasteiger partial charge in [-0.1, -0.05) is 0 Å². The zero-order valence-electron chi connectivity index (χ0n) is 12.5. The Hall–Kier alpha value is 0.543. The van der Waals surface area contributed by atoms with Crippen molar-refractivity contribution in [2.75, 3.05) is 0 Å². The van der Waals surface area contributed by atoms with Crippen molar-refractivity contribution in [3.8, 4) is 0 Å². The van der Waals surface area contributed by atoms with Gasteiger partial charge in [-0.15, -0.1) is 0 Å². The van der Waals surface area contributed by atoms with Crippen LogP contribution in [0.4, 0.5) is 0 Å². The van der Waals surface area contributed by atoms with Gasteiger partial charge in [-0.25, -0.2) is 0 Å². The Labute approximate surface area is 109 Å². The van der Waals surface area contributed by atoms with Crippen molar-refractivity contribution in [3.63, 3.8) is 0 Å². The molecular weight excluding hydrogens is 253 g/mol. The predicted octanol–water partition coefficient (Wildman–Crippen LogP) is 5.62. The fourth-order valence-corrected chi connectivity index (χ4v) is 9.63. The molecule has 0 atom stereocenters. The van der Waals surface area contributed by atoms with E-state index in [-0.39, 0.29) is 0 Å². The van der Waals surface area contributed by atoms with E-state index >= 15 is 0 Å². The standard InChI is InChI=1S/C15H33Ge/c1-13(2)7-10-16(11-8-14(3)4)12-9-15(5)6/h13-15H,7-12H2,1-6H3. The van der Waals surface area contributed by atoms with Crippen LogP contribution in [0.5, 0.6) is 0 Å². The molecule has 0 saturated heterocycles. The molecule has 0 fully saturated rings. The van der Waals surface area contributed by atoms with E-state index in [1.165, 1.54) is 19.3 Å². The summed E-state index contributed by atoms with van der Waals surface area (Å²) in [4.78, 5) is 0. The van der Waals surface area contributed by atoms with Gasteiger partial charge >= 0.3 is 109 Å². The summed E-state index contributed by atoms with van der Waals surface area (Å²) in [5, 5.41) is 4.87. The fraction of sp³-hybridized carbons (Fsp3) is 1.00. The summed E-state index contributed by atoms with van der Waals surface area (Å²) in [7, 11) is 0. The van der Waals surface area contributed by atoms with Crippen LogP contribution in [0.25, 0.3) is 0 Å². The minimum atomic E-state index is -0.681. The Balaban J connectivity index is 3.85. The van der Waals surface area contributed by atoms with E-state index in [0.717, 1.165) is 17.8 Å². The summed E-state index contributed by atoms with van der Waals surface area (Å²) < 4.78 is 0. The first-order valence-corrected chi connectivity index (χ1v) is 11.7. The summed E-state index contributed by atoms with van der Waals surface area (Å²) in [6, 6.07) is 0. The fourth-order valence-electron chi connectivity index (χ4n) is 1.85. The van der Waals surface area contributed by atoms with Crippen molar-refractivity contribution in [1.29, 1.82) is 0 Å². The monoisotopic (exact) mass is 287 g/mol. The van der Waals surface area contributed by atoms with Crippen LogP contribution in [0.1, 0.15) is 60.8 Å². The van der Waals surface area contributed by atoms with Gasteiger partial charge in [0, 0.05) is 0 Å². The first kappa shape index (κ1) is 16.5. The minimum absolute atomic E-state index is 0.681. The van der Waals surface area contributed by atoms with Gasteiger partial charge in [-0.3, -0.25) is 0 Å². The van der Waals surface area contributed by atoms with Crippen LogP contribution in [0, 0.1) is 17.8 Å². The predicted molar refractivity (Wildman–Crippen MR) is 78.5 cm³/mol. The molecule has 0 aliphatic heterocycles. The van der Waals surface area contributed by atoms with E-state index in [1.807, 2.05) is 0 Å². The average Bonchev–Trinajstić information content (AvgIpc) is 2.15. The Morgan fingerprint density at radius 2 is 0.812 bits per heavy atom. The normalized spacial score (nSPS) is 12.4. The summed E-state index contributed by atoms with van der Waals surface area (Å²) in [5.41, 5.74) is 0. The maximum absolute atomic E-state index is 2.38. The van der Waals surface area contributed by atoms with Gasteiger partial charge < -0.3 is 0 Å². The van der Waals surface area contributed by atoms with Crippen LogP contribution in [-0.2, 0) is 0 Å². The summed E-state index contributed by atoms with van der Waals surface area (Å²) in [6.45, 7) is 14.3. The quantitative estimate of drug-likeness (QED) is 0.482. The topological polar surface area (TPSA) is 0 Å². The molecule has 0 saturated carbocycles. The molecule has 1 heteroatoms. The molecule has 0 unspecified atom stereocenters. The second-order valence-electron chi connectivity index (χ2n) is 6.55. The summed E-state index contributed by atoms with van der Waals surface area (Å²) >= 11 is -0.681. The Morgan fingerprint density at radius 3 is 1.00 bits per heavy atom. The van der Waals surface area contributed by atoms with Crippen molar-refractivity contribution >= 4 is 14.3 Å². The van der Waals surface area contributed by atoms with Gasteiger partial charge in [0.2, 0.25) is 0 Å². The van der Waals surface area contributed by atoms with Gasteiger partial charge in [-0.05, 0) is 0 Å². The van der Waals surface area contributed by atoms with E-state index in [0.29, 0.717) is 0 Å². The van der Waals surface area contributed by atoms with Crippen LogP contribution in [0.3, 0.4) is 0 Å². The Morgan fingerprint density at radius 1 is 0.562 bits per heavy atom. The van der Waals surface area contributed by atoms with Gasteiger partial charge in [0.1, 0.15) is 0 Å². The second kappa shape index (κ2) is 9.56. The SMILES string of the molecule is CC(C)C[CH2][Ge]([CH2]CC(C)C)[CH2]CC(C)C. The van der Waals surface area contributed by atoms with Crippen LogP contribution in [-0.4, -0.2) is 14.3 Å². The van der Waals surface area contributed by atoms with Crippen molar-refractivity contribution in [3.05, 3.63) is 0 Å².